The lowest BCUT2D eigenvalue weighted by Crippen LogP contribution is -2.60. The lowest BCUT2D eigenvalue weighted by Gasteiger charge is -2.43. The summed E-state index contributed by atoms with van der Waals surface area (Å²) in [6, 6.07) is 10.4. The van der Waals surface area contributed by atoms with Crippen molar-refractivity contribution in [3.63, 3.8) is 0 Å². The Hall–Kier alpha value is -2.08. The van der Waals surface area contributed by atoms with Gasteiger partial charge in [-0.15, -0.1) is 0 Å². The van der Waals surface area contributed by atoms with Gasteiger partial charge in [0, 0.05) is 39.0 Å². The van der Waals surface area contributed by atoms with Crippen LogP contribution in [0.25, 0.3) is 0 Å². The van der Waals surface area contributed by atoms with E-state index in [4.69, 9.17) is 0 Å². The van der Waals surface area contributed by atoms with Crippen LogP contribution in [-0.4, -0.2) is 59.6 Å². The molecule has 1 saturated carbocycles. The second kappa shape index (κ2) is 8.11. The van der Waals surface area contributed by atoms with Crippen LogP contribution in [0.1, 0.15) is 50.5 Å². The summed E-state index contributed by atoms with van der Waals surface area (Å²) in [5, 5.41) is 6.83. The lowest BCUT2D eigenvalue weighted by atomic mass is 9.95. The summed E-state index contributed by atoms with van der Waals surface area (Å²) in [5.74, 6) is 0.156. The summed E-state index contributed by atoms with van der Waals surface area (Å²) in [5.41, 5.74) is 0.848. The van der Waals surface area contributed by atoms with Crippen molar-refractivity contribution in [3.05, 3.63) is 35.9 Å². The number of urea groups is 1. The molecule has 6 heteroatoms. The zero-order chi connectivity index (χ0) is 19.6. The monoisotopic (exact) mass is 384 g/mol. The average Bonchev–Trinajstić information content (AvgIpc) is 2.95. The number of benzene rings is 1. The number of piperidine rings is 1. The normalized spacial score (nSPS) is 25.3. The van der Waals surface area contributed by atoms with Crippen LogP contribution < -0.4 is 10.6 Å². The van der Waals surface area contributed by atoms with E-state index in [2.05, 4.69) is 22.8 Å². The van der Waals surface area contributed by atoms with Crippen molar-refractivity contribution in [1.82, 2.24) is 20.4 Å². The second-order valence-corrected chi connectivity index (χ2v) is 8.59. The first-order valence-corrected chi connectivity index (χ1v) is 10.7. The highest BCUT2D eigenvalue weighted by molar-refractivity contribution is 5.85. The Morgan fingerprint density at radius 1 is 1.14 bits per heavy atom. The molecule has 1 unspecified atom stereocenters. The largest absolute Gasteiger partial charge is 0.335 e. The van der Waals surface area contributed by atoms with Crippen LogP contribution >= 0.6 is 0 Å². The van der Waals surface area contributed by atoms with Crippen molar-refractivity contribution in [2.45, 2.75) is 69.1 Å². The van der Waals surface area contributed by atoms with Gasteiger partial charge in [-0.2, -0.15) is 0 Å². The number of hydrogen-bond acceptors (Lipinski definition) is 3. The zero-order valence-electron chi connectivity index (χ0n) is 16.8. The maximum absolute atomic E-state index is 12.8. The number of amides is 3. The Kier molecular flexibility index (Phi) is 5.58. The fourth-order valence-electron chi connectivity index (χ4n) is 4.99. The highest BCUT2D eigenvalue weighted by atomic mass is 16.2. The van der Waals surface area contributed by atoms with Crippen molar-refractivity contribution >= 4 is 11.9 Å². The van der Waals surface area contributed by atoms with Crippen molar-refractivity contribution in [1.29, 1.82) is 0 Å². The van der Waals surface area contributed by atoms with Crippen LogP contribution in [0.3, 0.4) is 0 Å². The number of carbonyl (C=O) groups is 2. The van der Waals surface area contributed by atoms with Crippen molar-refractivity contribution in [2.75, 3.05) is 20.1 Å². The Morgan fingerprint density at radius 3 is 2.50 bits per heavy atom. The average molecular weight is 385 g/mol. The summed E-state index contributed by atoms with van der Waals surface area (Å²) in [6.45, 7) is 1.36. The van der Waals surface area contributed by atoms with Gasteiger partial charge in [0.25, 0.3) is 0 Å². The molecule has 2 N–H and O–H groups in total. The number of nitrogens with zero attached hydrogens (tertiary/aromatic N) is 2. The van der Waals surface area contributed by atoms with Crippen molar-refractivity contribution < 1.29 is 9.59 Å². The smallest absolute Gasteiger partial charge is 0.317 e. The molecular formula is C22H32N4O2. The molecule has 1 aromatic rings. The summed E-state index contributed by atoms with van der Waals surface area (Å²) in [7, 11) is 1.90. The highest BCUT2D eigenvalue weighted by Gasteiger charge is 2.50. The molecule has 3 amide bonds. The predicted molar refractivity (Wildman–Crippen MR) is 109 cm³/mol. The van der Waals surface area contributed by atoms with Gasteiger partial charge >= 0.3 is 6.03 Å². The quantitative estimate of drug-likeness (QED) is 0.842. The molecule has 0 bridgehead atoms. The zero-order valence-corrected chi connectivity index (χ0v) is 16.8. The Morgan fingerprint density at radius 2 is 1.82 bits per heavy atom. The summed E-state index contributed by atoms with van der Waals surface area (Å²) in [4.78, 5) is 29.3. The number of hydrogen-bond donors (Lipinski definition) is 2. The Bertz CT molecular complexity index is 694. The third-order valence-electron chi connectivity index (χ3n) is 6.81. The van der Waals surface area contributed by atoms with Gasteiger partial charge in [-0.05, 0) is 24.8 Å². The van der Waals surface area contributed by atoms with Crippen LogP contribution in [0.2, 0.25) is 0 Å². The van der Waals surface area contributed by atoms with E-state index in [1.165, 1.54) is 24.8 Å². The summed E-state index contributed by atoms with van der Waals surface area (Å²) >= 11 is 0. The molecule has 1 atom stereocenters. The van der Waals surface area contributed by atoms with E-state index in [1.54, 1.807) is 0 Å². The number of nitrogens with one attached hydrogen (secondary N) is 2. The topological polar surface area (TPSA) is 64.7 Å². The van der Waals surface area contributed by atoms with Gasteiger partial charge in [0.1, 0.15) is 0 Å². The van der Waals surface area contributed by atoms with Crippen LogP contribution in [0.5, 0.6) is 0 Å². The van der Waals surface area contributed by atoms with Crippen molar-refractivity contribution in [2.24, 2.45) is 0 Å². The molecule has 1 aliphatic carbocycles. The van der Waals surface area contributed by atoms with E-state index >= 15 is 0 Å². The molecule has 6 nitrogen and oxygen atoms in total. The number of carbonyl (C=O) groups excluding carboxylic acids is 2. The standard InChI is InChI=1S/C22H32N4O2/c1-25-20(27)19(16-17-8-4-2-5-9-17)24-22(25)12-14-26(15-13-22)21(28)23-18-10-6-3-7-11-18/h2,4-5,8-9,18-19,24H,3,6-7,10-16H2,1H3,(H,23,28). The first kappa shape index (κ1) is 19.2. The van der Waals surface area contributed by atoms with Crippen LogP contribution in [-0.2, 0) is 11.2 Å². The molecule has 3 fully saturated rings. The second-order valence-electron chi connectivity index (χ2n) is 8.59. The molecule has 2 heterocycles. The van der Waals surface area contributed by atoms with E-state index in [0.717, 1.165) is 25.7 Å². The summed E-state index contributed by atoms with van der Waals surface area (Å²) < 4.78 is 0. The molecule has 2 saturated heterocycles. The molecule has 0 aromatic heterocycles. The minimum atomic E-state index is -0.321. The number of likely N-dealkylation sites (N-methyl/N-ethyl adjacent to an activating group) is 1. The third-order valence-corrected chi connectivity index (χ3v) is 6.81. The maximum Gasteiger partial charge on any atom is 0.317 e. The van der Waals surface area contributed by atoms with Gasteiger partial charge in [-0.3, -0.25) is 10.1 Å². The summed E-state index contributed by atoms with van der Waals surface area (Å²) in [6.07, 6.45) is 8.18. The van der Waals surface area contributed by atoms with Gasteiger partial charge in [0.05, 0.1) is 11.7 Å². The minimum absolute atomic E-state index is 0.0644. The van der Waals surface area contributed by atoms with Gasteiger partial charge in [-0.1, -0.05) is 49.6 Å². The van der Waals surface area contributed by atoms with Gasteiger partial charge in [0.2, 0.25) is 5.91 Å². The predicted octanol–water partition coefficient (Wildman–Crippen LogP) is 2.49. The molecule has 4 rings (SSSR count). The van der Waals surface area contributed by atoms with Crippen LogP contribution in [0.15, 0.2) is 30.3 Å². The highest BCUT2D eigenvalue weighted by Crippen LogP contribution is 2.32. The van der Waals surface area contributed by atoms with E-state index in [0.29, 0.717) is 25.6 Å². The van der Waals surface area contributed by atoms with Gasteiger partial charge < -0.3 is 15.1 Å². The minimum Gasteiger partial charge on any atom is -0.335 e. The molecule has 1 aromatic carbocycles. The van der Waals surface area contributed by atoms with Gasteiger partial charge in [-0.25, -0.2) is 4.79 Å². The maximum atomic E-state index is 12.8. The van der Waals surface area contributed by atoms with E-state index in [-0.39, 0.29) is 23.6 Å². The SMILES string of the molecule is CN1C(=O)C(Cc2ccccc2)NC12CCN(C(=O)NC1CCCCC1)CC2. The van der Waals surface area contributed by atoms with Crippen LogP contribution in [0.4, 0.5) is 4.79 Å². The van der Waals surface area contributed by atoms with E-state index in [1.807, 2.05) is 35.0 Å². The molecule has 1 spiro atoms. The molecule has 3 aliphatic rings. The lowest BCUT2D eigenvalue weighted by molar-refractivity contribution is -0.131. The molecule has 2 aliphatic heterocycles. The van der Waals surface area contributed by atoms with Crippen molar-refractivity contribution in [3.8, 4) is 0 Å². The number of likely N-dealkylation sites (tertiary alicyclic amines) is 1. The molecule has 28 heavy (non-hydrogen) atoms. The van der Waals surface area contributed by atoms with Gasteiger partial charge in [0.15, 0.2) is 0 Å². The Balaban J connectivity index is 1.33. The Labute approximate surface area is 167 Å². The number of rotatable bonds is 3. The molecular weight excluding hydrogens is 352 g/mol. The molecule has 0 radical (unpaired) electrons. The fourth-order valence-corrected chi connectivity index (χ4v) is 4.99. The van der Waals surface area contributed by atoms with E-state index in [9.17, 15) is 9.59 Å². The third kappa shape index (κ3) is 3.88. The van der Waals surface area contributed by atoms with Crippen LogP contribution in [0, 0.1) is 0 Å². The first-order valence-electron chi connectivity index (χ1n) is 10.7. The first-order chi connectivity index (χ1) is 13.6. The van der Waals surface area contributed by atoms with E-state index < -0.39 is 0 Å². The molecule has 152 valence electrons. The fraction of sp³-hybridized carbons (Fsp3) is 0.636.